The Kier molecular flexibility index (Phi) is 9.39. The molecule has 38 heavy (non-hydrogen) atoms. The molecule has 0 spiro atoms. The third kappa shape index (κ3) is 7.32. The number of hydrogen-bond donors (Lipinski definition) is 2. The average Bonchev–Trinajstić information content (AvgIpc) is 2.89. The van der Waals surface area contributed by atoms with Gasteiger partial charge >= 0.3 is 0 Å². The quantitative estimate of drug-likeness (QED) is 0.241. The second-order valence-corrected chi connectivity index (χ2v) is 10.4. The van der Waals surface area contributed by atoms with Gasteiger partial charge in [-0.1, -0.05) is 53.0 Å². The summed E-state index contributed by atoms with van der Waals surface area (Å²) in [7, 11) is 0. The second kappa shape index (κ2) is 12.7. The lowest BCUT2D eigenvalue weighted by atomic mass is 9.96. The first-order valence-corrected chi connectivity index (χ1v) is 13.2. The van der Waals surface area contributed by atoms with Crippen molar-refractivity contribution in [3.05, 3.63) is 98.2 Å². The van der Waals surface area contributed by atoms with Crippen LogP contribution in [0.1, 0.15) is 41.3 Å². The van der Waals surface area contributed by atoms with Crippen molar-refractivity contribution >= 4 is 58.0 Å². The zero-order valence-electron chi connectivity index (χ0n) is 20.6. The van der Waals surface area contributed by atoms with Crippen LogP contribution in [0.4, 0.5) is 10.1 Å². The fraction of sp³-hybridized carbons (Fsp3) is 0.250. The normalized spacial score (nSPS) is 14.8. The van der Waals surface area contributed by atoms with Gasteiger partial charge in [0.25, 0.3) is 5.91 Å². The molecule has 1 saturated heterocycles. The molecule has 6 nitrogen and oxygen atoms in total. The lowest BCUT2D eigenvalue weighted by Crippen LogP contribution is -2.39. The van der Waals surface area contributed by atoms with Gasteiger partial charge in [0.05, 0.1) is 16.3 Å². The second-order valence-electron chi connectivity index (χ2n) is 9.12. The topological polar surface area (TPSA) is 73.8 Å². The largest absolute Gasteiger partial charge is 0.322 e. The van der Waals surface area contributed by atoms with Gasteiger partial charge in [-0.15, -0.1) is 0 Å². The van der Waals surface area contributed by atoms with E-state index in [1.807, 2.05) is 12.1 Å². The van der Waals surface area contributed by atoms with Crippen molar-refractivity contribution in [2.24, 2.45) is 11.0 Å². The summed E-state index contributed by atoms with van der Waals surface area (Å²) in [4.78, 5) is 27.4. The molecule has 1 aliphatic rings. The van der Waals surface area contributed by atoms with Gasteiger partial charge in [-0.05, 0) is 86.4 Å². The minimum Gasteiger partial charge on any atom is -0.322 e. The molecule has 1 fully saturated rings. The molecular weight excluding hydrogens is 550 g/mol. The fourth-order valence-corrected chi connectivity index (χ4v) is 4.93. The molecule has 0 aromatic heterocycles. The Morgan fingerprint density at radius 3 is 2.34 bits per heavy atom. The van der Waals surface area contributed by atoms with Gasteiger partial charge in [0.2, 0.25) is 5.91 Å². The van der Waals surface area contributed by atoms with E-state index in [4.69, 9.17) is 34.8 Å². The van der Waals surface area contributed by atoms with E-state index < -0.39 is 0 Å². The molecule has 4 rings (SSSR count). The lowest BCUT2D eigenvalue weighted by molar-refractivity contribution is -0.126. The number of anilines is 1. The molecule has 0 saturated carbocycles. The highest BCUT2D eigenvalue weighted by Crippen LogP contribution is 2.24. The van der Waals surface area contributed by atoms with Gasteiger partial charge in [0.1, 0.15) is 5.82 Å². The van der Waals surface area contributed by atoms with Crippen molar-refractivity contribution in [2.75, 3.05) is 18.4 Å². The van der Waals surface area contributed by atoms with Gasteiger partial charge in [-0.25, -0.2) is 9.82 Å². The van der Waals surface area contributed by atoms with E-state index in [-0.39, 0.29) is 28.6 Å². The monoisotopic (exact) mass is 574 g/mol. The number of benzene rings is 3. The molecule has 3 aromatic rings. The highest BCUT2D eigenvalue weighted by molar-refractivity contribution is 6.37. The number of amides is 2. The van der Waals surface area contributed by atoms with Crippen LogP contribution in [0.15, 0.2) is 65.8 Å². The van der Waals surface area contributed by atoms with Crippen molar-refractivity contribution in [3.63, 3.8) is 0 Å². The molecular formula is C28H26Cl3FN4O2. The van der Waals surface area contributed by atoms with Crippen LogP contribution in [0, 0.1) is 11.7 Å². The summed E-state index contributed by atoms with van der Waals surface area (Å²) in [5, 5.41) is 8.20. The van der Waals surface area contributed by atoms with Crippen LogP contribution >= 0.6 is 34.8 Å². The Morgan fingerprint density at radius 2 is 1.68 bits per heavy atom. The summed E-state index contributed by atoms with van der Waals surface area (Å²) >= 11 is 18.1. The van der Waals surface area contributed by atoms with E-state index in [0.717, 1.165) is 24.2 Å². The molecule has 2 N–H and O–H groups in total. The molecule has 1 heterocycles. The number of likely N-dealkylation sites (tertiary alicyclic amines) is 1. The van der Waals surface area contributed by atoms with E-state index in [1.165, 1.54) is 18.2 Å². The Morgan fingerprint density at radius 1 is 0.974 bits per heavy atom. The minimum atomic E-state index is -0.354. The number of piperidine rings is 1. The molecule has 0 aliphatic carbocycles. The standard InChI is InChI=1S/C28H26Cl3FN4O2/c1-17(18-3-7-23(8-4-18)33-28(38)24-9-5-21(29)14-26(24)31)34-35-27(37)19-10-12-36(13-11-19)16-20-2-6-22(32)15-25(20)30/h2-9,14-15,19H,10-13,16H2,1H3,(H,33,38)(H,35,37). The van der Waals surface area contributed by atoms with Crippen molar-refractivity contribution in [1.82, 2.24) is 10.3 Å². The summed E-state index contributed by atoms with van der Waals surface area (Å²) in [5.41, 5.74) is 5.91. The zero-order valence-corrected chi connectivity index (χ0v) is 22.9. The Bertz CT molecular complexity index is 1360. The maximum absolute atomic E-state index is 13.3. The molecule has 2 amide bonds. The van der Waals surface area contributed by atoms with Gasteiger partial charge in [-0.2, -0.15) is 5.10 Å². The third-order valence-electron chi connectivity index (χ3n) is 6.44. The molecule has 1 aliphatic heterocycles. The number of nitrogens with one attached hydrogen (secondary N) is 2. The summed E-state index contributed by atoms with van der Waals surface area (Å²) in [6.07, 6.45) is 1.40. The molecule has 0 bridgehead atoms. The number of carbonyl (C=O) groups excluding carboxylic acids is 2. The van der Waals surface area contributed by atoms with Crippen molar-refractivity contribution in [1.29, 1.82) is 0 Å². The third-order valence-corrected chi connectivity index (χ3v) is 7.34. The highest BCUT2D eigenvalue weighted by Gasteiger charge is 2.25. The lowest BCUT2D eigenvalue weighted by Gasteiger charge is -2.31. The van der Waals surface area contributed by atoms with Crippen LogP contribution in [-0.4, -0.2) is 35.5 Å². The Hall–Kier alpha value is -2.97. The predicted octanol–water partition coefficient (Wildman–Crippen LogP) is 6.79. The minimum absolute atomic E-state index is 0.118. The maximum Gasteiger partial charge on any atom is 0.257 e. The molecule has 3 aromatic carbocycles. The molecule has 198 valence electrons. The number of hydrazone groups is 1. The fourth-order valence-electron chi connectivity index (χ4n) is 4.21. The van der Waals surface area contributed by atoms with Crippen molar-refractivity contribution in [2.45, 2.75) is 26.3 Å². The summed E-state index contributed by atoms with van der Waals surface area (Å²) in [6, 6.07) is 16.2. The highest BCUT2D eigenvalue weighted by atomic mass is 35.5. The van der Waals surface area contributed by atoms with E-state index in [1.54, 1.807) is 37.3 Å². The van der Waals surface area contributed by atoms with Crippen LogP contribution in [0.5, 0.6) is 0 Å². The van der Waals surface area contributed by atoms with Crippen LogP contribution in [0.3, 0.4) is 0 Å². The van der Waals surface area contributed by atoms with Crippen LogP contribution in [0.2, 0.25) is 15.1 Å². The van der Waals surface area contributed by atoms with E-state index >= 15 is 0 Å². The first kappa shape index (κ1) is 28.0. The zero-order chi connectivity index (χ0) is 27.2. The van der Waals surface area contributed by atoms with E-state index in [2.05, 4.69) is 20.7 Å². The number of rotatable bonds is 7. The Balaban J connectivity index is 1.26. The van der Waals surface area contributed by atoms with Gasteiger partial charge in [0, 0.05) is 28.2 Å². The molecule has 0 radical (unpaired) electrons. The van der Waals surface area contributed by atoms with Crippen molar-refractivity contribution < 1.29 is 14.0 Å². The SMILES string of the molecule is CC(=NNC(=O)C1CCN(Cc2ccc(F)cc2Cl)CC1)c1ccc(NC(=O)c2ccc(Cl)cc2Cl)cc1. The van der Waals surface area contributed by atoms with Gasteiger partial charge in [0.15, 0.2) is 0 Å². The predicted molar refractivity (Wildman–Crippen MR) is 151 cm³/mol. The molecule has 10 heteroatoms. The van der Waals surface area contributed by atoms with Gasteiger partial charge < -0.3 is 5.32 Å². The van der Waals surface area contributed by atoms with Crippen LogP contribution in [-0.2, 0) is 11.3 Å². The maximum atomic E-state index is 13.3. The summed E-state index contributed by atoms with van der Waals surface area (Å²) < 4.78 is 13.3. The number of hydrogen-bond acceptors (Lipinski definition) is 4. The smallest absolute Gasteiger partial charge is 0.257 e. The average molecular weight is 576 g/mol. The summed E-state index contributed by atoms with van der Waals surface area (Å²) in [6.45, 7) is 3.90. The first-order chi connectivity index (χ1) is 18.2. The number of nitrogens with zero attached hydrogens (tertiary/aromatic N) is 2. The Labute approximate surface area is 235 Å². The van der Waals surface area contributed by atoms with Crippen LogP contribution < -0.4 is 10.7 Å². The number of carbonyl (C=O) groups is 2. The van der Waals surface area contributed by atoms with E-state index in [9.17, 15) is 14.0 Å². The first-order valence-electron chi connectivity index (χ1n) is 12.1. The van der Waals surface area contributed by atoms with Gasteiger partial charge in [-0.3, -0.25) is 14.5 Å². The molecule has 0 unspecified atom stereocenters. The molecule has 0 atom stereocenters. The van der Waals surface area contributed by atoms with Crippen molar-refractivity contribution in [3.8, 4) is 0 Å². The van der Waals surface area contributed by atoms with Crippen LogP contribution in [0.25, 0.3) is 0 Å². The number of halogens is 4. The van der Waals surface area contributed by atoms with E-state index in [0.29, 0.717) is 46.4 Å². The summed E-state index contributed by atoms with van der Waals surface area (Å²) in [5.74, 6) is -0.951.